The van der Waals surface area contributed by atoms with Gasteiger partial charge in [-0.3, -0.25) is 0 Å². The van der Waals surface area contributed by atoms with Crippen LogP contribution in [0.3, 0.4) is 0 Å². The molecule has 0 aliphatic carbocycles. The van der Waals surface area contributed by atoms with Crippen LogP contribution in [0.25, 0.3) is 0 Å². The minimum atomic E-state index is 0.107. The lowest BCUT2D eigenvalue weighted by molar-refractivity contribution is 0.393. The predicted octanol–water partition coefficient (Wildman–Crippen LogP) is 3.63. The van der Waals surface area contributed by atoms with Gasteiger partial charge in [0.2, 0.25) is 0 Å². The highest BCUT2D eigenvalue weighted by atomic mass is 32.1. The van der Waals surface area contributed by atoms with Gasteiger partial charge in [0.25, 0.3) is 0 Å². The Kier molecular flexibility index (Phi) is 8.62. The van der Waals surface area contributed by atoms with E-state index in [9.17, 15) is 0 Å². The van der Waals surface area contributed by atoms with Crippen molar-refractivity contribution in [1.29, 1.82) is 0 Å². The molecule has 1 rings (SSSR count). The zero-order valence-electron chi connectivity index (χ0n) is 13.5. The molecule has 120 valence electrons. The molecule has 0 bridgehead atoms. The third kappa shape index (κ3) is 6.18. The second-order valence-corrected chi connectivity index (χ2v) is 5.99. The number of methoxy groups -OCH3 is 2. The summed E-state index contributed by atoms with van der Waals surface area (Å²) in [6, 6.07) is 4.29. The standard InChI is InChI=1S/C17H29NO2S/c1-13(18)10-15-12-16(19-2)14(11-17(15)20-3)8-6-4-5-7-9-21/h11-13,21H,4-10,18H2,1-3H3. The first kappa shape index (κ1) is 18.2. The summed E-state index contributed by atoms with van der Waals surface area (Å²) in [5.74, 6) is 2.84. The molecule has 0 spiro atoms. The molecule has 0 aliphatic heterocycles. The molecule has 1 unspecified atom stereocenters. The van der Waals surface area contributed by atoms with E-state index in [1.807, 2.05) is 6.92 Å². The van der Waals surface area contributed by atoms with Crippen LogP contribution < -0.4 is 15.2 Å². The maximum absolute atomic E-state index is 5.90. The molecule has 0 aliphatic rings. The lowest BCUT2D eigenvalue weighted by Crippen LogP contribution is -2.18. The summed E-state index contributed by atoms with van der Waals surface area (Å²) in [5.41, 5.74) is 8.23. The maximum atomic E-state index is 5.90. The van der Waals surface area contributed by atoms with Crippen LogP contribution in [0, 0.1) is 0 Å². The maximum Gasteiger partial charge on any atom is 0.122 e. The average Bonchev–Trinajstić information content (AvgIpc) is 2.47. The van der Waals surface area contributed by atoms with E-state index in [0.717, 1.165) is 35.7 Å². The van der Waals surface area contributed by atoms with Crippen LogP contribution in [0.5, 0.6) is 11.5 Å². The average molecular weight is 311 g/mol. The molecular weight excluding hydrogens is 282 g/mol. The van der Waals surface area contributed by atoms with Gasteiger partial charge < -0.3 is 15.2 Å². The van der Waals surface area contributed by atoms with Crippen LogP contribution in [0.1, 0.15) is 43.7 Å². The number of hydrogen-bond acceptors (Lipinski definition) is 4. The molecule has 0 saturated heterocycles. The number of hydrogen-bond donors (Lipinski definition) is 2. The van der Waals surface area contributed by atoms with E-state index in [1.165, 1.54) is 31.2 Å². The number of thiol groups is 1. The first-order chi connectivity index (χ1) is 10.1. The Morgan fingerprint density at radius 2 is 1.57 bits per heavy atom. The molecule has 0 fully saturated rings. The molecule has 0 saturated carbocycles. The highest BCUT2D eigenvalue weighted by Crippen LogP contribution is 2.30. The van der Waals surface area contributed by atoms with Crippen LogP contribution in [0.2, 0.25) is 0 Å². The zero-order chi connectivity index (χ0) is 15.7. The van der Waals surface area contributed by atoms with Crippen LogP contribution in [0.15, 0.2) is 12.1 Å². The third-order valence-corrected chi connectivity index (χ3v) is 3.90. The molecule has 0 amide bonds. The summed E-state index contributed by atoms with van der Waals surface area (Å²) in [4.78, 5) is 0. The summed E-state index contributed by atoms with van der Waals surface area (Å²) < 4.78 is 11.0. The van der Waals surface area contributed by atoms with E-state index in [2.05, 4.69) is 24.8 Å². The van der Waals surface area contributed by atoms with Gasteiger partial charge in [0.05, 0.1) is 14.2 Å². The summed E-state index contributed by atoms with van der Waals surface area (Å²) in [6.07, 6.45) is 6.64. The number of unbranched alkanes of at least 4 members (excludes halogenated alkanes) is 3. The van der Waals surface area contributed by atoms with Gasteiger partial charge in [-0.05, 0) is 61.6 Å². The van der Waals surface area contributed by atoms with Crippen molar-refractivity contribution in [2.45, 2.75) is 51.5 Å². The Balaban J connectivity index is 2.78. The van der Waals surface area contributed by atoms with E-state index in [1.54, 1.807) is 14.2 Å². The van der Waals surface area contributed by atoms with Crippen molar-refractivity contribution in [3.8, 4) is 11.5 Å². The first-order valence-electron chi connectivity index (χ1n) is 7.72. The Hall–Kier alpha value is -0.870. The van der Waals surface area contributed by atoms with Crippen molar-refractivity contribution in [2.75, 3.05) is 20.0 Å². The van der Waals surface area contributed by atoms with Gasteiger partial charge in [0.1, 0.15) is 11.5 Å². The molecule has 0 heterocycles. The van der Waals surface area contributed by atoms with E-state index in [-0.39, 0.29) is 6.04 Å². The Bertz CT molecular complexity index is 421. The van der Waals surface area contributed by atoms with Crippen LogP contribution in [-0.4, -0.2) is 26.0 Å². The first-order valence-corrected chi connectivity index (χ1v) is 8.35. The van der Waals surface area contributed by atoms with Gasteiger partial charge in [0.15, 0.2) is 0 Å². The van der Waals surface area contributed by atoms with Crippen LogP contribution >= 0.6 is 12.6 Å². The van der Waals surface area contributed by atoms with E-state index in [4.69, 9.17) is 15.2 Å². The molecule has 3 nitrogen and oxygen atoms in total. The molecule has 1 aromatic rings. The van der Waals surface area contributed by atoms with Gasteiger partial charge in [0, 0.05) is 6.04 Å². The van der Waals surface area contributed by atoms with Gasteiger partial charge in [-0.15, -0.1) is 0 Å². The quantitative estimate of drug-likeness (QED) is 0.512. The Morgan fingerprint density at radius 1 is 1.00 bits per heavy atom. The largest absolute Gasteiger partial charge is 0.496 e. The number of rotatable bonds is 10. The van der Waals surface area contributed by atoms with E-state index in [0.29, 0.717) is 0 Å². The Labute approximate surface area is 134 Å². The SMILES string of the molecule is COc1cc(CC(C)N)c(OC)cc1CCCCCCS. The Morgan fingerprint density at radius 3 is 2.14 bits per heavy atom. The minimum absolute atomic E-state index is 0.107. The van der Waals surface area contributed by atoms with Crippen molar-refractivity contribution < 1.29 is 9.47 Å². The third-order valence-electron chi connectivity index (χ3n) is 3.58. The van der Waals surface area contributed by atoms with Crippen LogP contribution in [0.4, 0.5) is 0 Å². The van der Waals surface area contributed by atoms with E-state index >= 15 is 0 Å². The lowest BCUT2D eigenvalue weighted by Gasteiger charge is -2.16. The fourth-order valence-electron chi connectivity index (χ4n) is 2.51. The topological polar surface area (TPSA) is 44.5 Å². The second kappa shape index (κ2) is 9.96. The predicted molar refractivity (Wildman–Crippen MR) is 92.9 cm³/mol. The minimum Gasteiger partial charge on any atom is -0.496 e. The normalized spacial score (nSPS) is 12.2. The van der Waals surface area contributed by atoms with Crippen molar-refractivity contribution in [1.82, 2.24) is 0 Å². The molecule has 4 heteroatoms. The fourth-order valence-corrected chi connectivity index (χ4v) is 2.73. The molecule has 0 radical (unpaired) electrons. The van der Waals surface area contributed by atoms with Crippen molar-refractivity contribution in [2.24, 2.45) is 5.73 Å². The van der Waals surface area contributed by atoms with Gasteiger partial charge in [-0.2, -0.15) is 12.6 Å². The molecular formula is C17H29NO2S. The number of benzene rings is 1. The molecule has 1 aromatic carbocycles. The van der Waals surface area contributed by atoms with Gasteiger partial charge in [-0.25, -0.2) is 0 Å². The number of ether oxygens (including phenoxy) is 2. The smallest absolute Gasteiger partial charge is 0.122 e. The summed E-state index contributed by atoms with van der Waals surface area (Å²) in [5, 5.41) is 0. The van der Waals surface area contributed by atoms with Crippen molar-refractivity contribution in [3.63, 3.8) is 0 Å². The highest BCUT2D eigenvalue weighted by Gasteiger charge is 2.12. The summed E-state index contributed by atoms with van der Waals surface area (Å²) in [7, 11) is 3.44. The van der Waals surface area contributed by atoms with Gasteiger partial charge in [-0.1, -0.05) is 12.8 Å². The van der Waals surface area contributed by atoms with Crippen LogP contribution in [-0.2, 0) is 12.8 Å². The lowest BCUT2D eigenvalue weighted by atomic mass is 9.99. The number of aryl methyl sites for hydroxylation is 1. The van der Waals surface area contributed by atoms with E-state index < -0.39 is 0 Å². The molecule has 21 heavy (non-hydrogen) atoms. The monoisotopic (exact) mass is 311 g/mol. The molecule has 1 atom stereocenters. The fraction of sp³-hybridized carbons (Fsp3) is 0.647. The van der Waals surface area contributed by atoms with Crippen molar-refractivity contribution in [3.05, 3.63) is 23.3 Å². The molecule has 2 N–H and O–H groups in total. The highest BCUT2D eigenvalue weighted by molar-refractivity contribution is 7.80. The van der Waals surface area contributed by atoms with Gasteiger partial charge >= 0.3 is 0 Å². The molecule has 0 aromatic heterocycles. The summed E-state index contributed by atoms with van der Waals surface area (Å²) in [6.45, 7) is 2.00. The summed E-state index contributed by atoms with van der Waals surface area (Å²) >= 11 is 4.24. The second-order valence-electron chi connectivity index (χ2n) is 5.55. The van der Waals surface area contributed by atoms with Crippen molar-refractivity contribution >= 4 is 12.6 Å². The zero-order valence-corrected chi connectivity index (χ0v) is 14.4. The number of nitrogens with two attached hydrogens (primary N) is 1.